The summed E-state index contributed by atoms with van der Waals surface area (Å²) in [6, 6.07) is 0. The Bertz CT molecular complexity index is 179. The van der Waals surface area contributed by atoms with Crippen LogP contribution in [0.2, 0.25) is 0 Å². The molecule has 3 heteroatoms. The van der Waals surface area contributed by atoms with Gasteiger partial charge in [0.05, 0.1) is 6.61 Å². The van der Waals surface area contributed by atoms with Crippen molar-refractivity contribution in [3.05, 3.63) is 0 Å². The topological polar surface area (TPSA) is 41.5 Å². The van der Waals surface area contributed by atoms with Crippen molar-refractivity contribution in [2.24, 2.45) is 11.3 Å². The van der Waals surface area contributed by atoms with Crippen LogP contribution in [0.5, 0.6) is 0 Å². The van der Waals surface area contributed by atoms with Gasteiger partial charge in [0.1, 0.15) is 0 Å². The number of ether oxygens (including phenoxy) is 1. The highest BCUT2D eigenvalue weighted by Crippen LogP contribution is 2.28. The molecule has 1 rings (SSSR count). The monoisotopic (exact) mass is 229 g/mol. The maximum Gasteiger partial charge on any atom is 0.0501 e. The summed E-state index contributed by atoms with van der Waals surface area (Å²) in [6.07, 6.45) is 4.50. The summed E-state index contributed by atoms with van der Waals surface area (Å²) in [5, 5.41) is 13.0. The molecule has 0 amide bonds. The van der Waals surface area contributed by atoms with E-state index in [2.05, 4.69) is 19.2 Å². The Morgan fingerprint density at radius 2 is 2.06 bits per heavy atom. The highest BCUT2D eigenvalue weighted by molar-refractivity contribution is 4.83. The predicted octanol–water partition coefficient (Wildman–Crippen LogP) is 1.80. The van der Waals surface area contributed by atoms with E-state index in [1.165, 1.54) is 12.8 Å². The van der Waals surface area contributed by atoms with Crippen molar-refractivity contribution in [1.82, 2.24) is 5.32 Å². The third-order valence-electron chi connectivity index (χ3n) is 3.66. The van der Waals surface area contributed by atoms with E-state index in [1.54, 1.807) is 0 Å². The predicted molar refractivity (Wildman–Crippen MR) is 66.5 cm³/mol. The molecule has 16 heavy (non-hydrogen) atoms. The average Bonchev–Trinajstić information content (AvgIpc) is 2.31. The van der Waals surface area contributed by atoms with Gasteiger partial charge in [0.15, 0.2) is 0 Å². The van der Waals surface area contributed by atoms with E-state index in [9.17, 15) is 5.11 Å². The number of nitrogens with one attached hydrogen (secondary N) is 1. The lowest BCUT2D eigenvalue weighted by Gasteiger charge is -2.36. The second-order valence-corrected chi connectivity index (χ2v) is 5.30. The van der Waals surface area contributed by atoms with Crippen LogP contribution in [-0.2, 0) is 4.74 Å². The smallest absolute Gasteiger partial charge is 0.0501 e. The minimum Gasteiger partial charge on any atom is -0.396 e. The molecule has 2 N–H and O–H groups in total. The van der Waals surface area contributed by atoms with Gasteiger partial charge in [-0.15, -0.1) is 0 Å². The first-order valence-corrected chi connectivity index (χ1v) is 6.62. The van der Waals surface area contributed by atoms with E-state index >= 15 is 0 Å². The summed E-state index contributed by atoms with van der Waals surface area (Å²) < 4.78 is 5.35. The molecule has 1 aliphatic rings. The first-order chi connectivity index (χ1) is 7.72. The molecule has 0 saturated carbocycles. The second kappa shape index (κ2) is 7.25. The molecule has 1 fully saturated rings. The maximum atomic E-state index is 9.51. The summed E-state index contributed by atoms with van der Waals surface area (Å²) in [4.78, 5) is 0. The molecule has 1 unspecified atom stereocenters. The fourth-order valence-corrected chi connectivity index (χ4v) is 2.37. The molecule has 0 aromatic rings. The molecule has 1 heterocycles. The molecule has 1 atom stereocenters. The SMILES string of the molecule is CCCC(C)CNCC1(CO)CCOCC1. The Morgan fingerprint density at radius 3 is 2.62 bits per heavy atom. The average molecular weight is 229 g/mol. The number of hydrogen-bond donors (Lipinski definition) is 2. The van der Waals surface area contributed by atoms with Gasteiger partial charge in [0.25, 0.3) is 0 Å². The minimum absolute atomic E-state index is 0.0736. The van der Waals surface area contributed by atoms with Crippen LogP contribution in [0.1, 0.15) is 39.5 Å². The highest BCUT2D eigenvalue weighted by Gasteiger charge is 2.31. The standard InChI is InChI=1S/C13H27NO2/c1-3-4-12(2)9-14-10-13(11-15)5-7-16-8-6-13/h12,14-15H,3-11H2,1-2H3. The first-order valence-electron chi connectivity index (χ1n) is 6.62. The fraction of sp³-hybridized carbons (Fsp3) is 1.00. The lowest BCUT2D eigenvalue weighted by molar-refractivity contribution is -0.0155. The van der Waals surface area contributed by atoms with Crippen LogP contribution in [0.3, 0.4) is 0 Å². The van der Waals surface area contributed by atoms with Crippen molar-refractivity contribution in [2.45, 2.75) is 39.5 Å². The molecule has 1 aliphatic heterocycles. The Kier molecular flexibility index (Phi) is 6.32. The van der Waals surface area contributed by atoms with E-state index in [4.69, 9.17) is 4.74 Å². The largest absolute Gasteiger partial charge is 0.396 e. The van der Waals surface area contributed by atoms with Gasteiger partial charge in [-0.25, -0.2) is 0 Å². The zero-order chi connectivity index (χ0) is 11.9. The minimum atomic E-state index is 0.0736. The van der Waals surface area contributed by atoms with Crippen molar-refractivity contribution in [3.8, 4) is 0 Å². The van der Waals surface area contributed by atoms with E-state index in [1.807, 2.05) is 0 Å². The second-order valence-electron chi connectivity index (χ2n) is 5.30. The zero-order valence-corrected chi connectivity index (χ0v) is 10.8. The van der Waals surface area contributed by atoms with Gasteiger partial charge in [-0.05, 0) is 31.7 Å². The number of hydrogen-bond acceptors (Lipinski definition) is 3. The molecule has 0 bridgehead atoms. The van der Waals surface area contributed by atoms with Crippen LogP contribution in [0.4, 0.5) is 0 Å². The van der Waals surface area contributed by atoms with E-state index in [-0.39, 0.29) is 12.0 Å². The summed E-state index contributed by atoms with van der Waals surface area (Å²) in [5.74, 6) is 0.737. The lowest BCUT2D eigenvalue weighted by atomic mass is 9.81. The molecule has 1 saturated heterocycles. The first kappa shape index (κ1) is 13.9. The summed E-state index contributed by atoms with van der Waals surface area (Å²) in [6.45, 7) is 8.39. The zero-order valence-electron chi connectivity index (χ0n) is 10.8. The molecule has 0 radical (unpaired) electrons. The summed E-state index contributed by atoms with van der Waals surface area (Å²) in [7, 11) is 0. The van der Waals surface area contributed by atoms with Gasteiger partial charge in [0.2, 0.25) is 0 Å². The highest BCUT2D eigenvalue weighted by atomic mass is 16.5. The molecule has 0 spiro atoms. The number of aliphatic hydroxyl groups excluding tert-OH is 1. The molecule has 96 valence electrons. The Balaban J connectivity index is 2.22. The van der Waals surface area contributed by atoms with Crippen LogP contribution in [0, 0.1) is 11.3 Å². The van der Waals surface area contributed by atoms with Crippen molar-refractivity contribution < 1.29 is 9.84 Å². The van der Waals surface area contributed by atoms with Crippen LogP contribution in [-0.4, -0.2) is 38.0 Å². The van der Waals surface area contributed by atoms with Crippen LogP contribution in [0.25, 0.3) is 0 Å². The van der Waals surface area contributed by atoms with Crippen molar-refractivity contribution in [1.29, 1.82) is 0 Å². The number of aliphatic hydroxyl groups is 1. The third-order valence-corrected chi connectivity index (χ3v) is 3.66. The van der Waals surface area contributed by atoms with Gasteiger partial charge in [-0.1, -0.05) is 20.3 Å². The van der Waals surface area contributed by atoms with Gasteiger partial charge in [-0.2, -0.15) is 0 Å². The van der Waals surface area contributed by atoms with Crippen LogP contribution >= 0.6 is 0 Å². The Morgan fingerprint density at radius 1 is 1.38 bits per heavy atom. The molecule has 0 aliphatic carbocycles. The van der Waals surface area contributed by atoms with Crippen molar-refractivity contribution >= 4 is 0 Å². The third kappa shape index (κ3) is 4.40. The molecule has 3 nitrogen and oxygen atoms in total. The van der Waals surface area contributed by atoms with E-state index < -0.39 is 0 Å². The maximum absolute atomic E-state index is 9.51. The fourth-order valence-electron chi connectivity index (χ4n) is 2.37. The normalized spacial score (nSPS) is 21.9. The van der Waals surface area contributed by atoms with Crippen LogP contribution < -0.4 is 5.32 Å². The van der Waals surface area contributed by atoms with Crippen molar-refractivity contribution in [2.75, 3.05) is 32.9 Å². The molecular formula is C13H27NO2. The lowest BCUT2D eigenvalue weighted by Crippen LogP contribution is -2.42. The quantitative estimate of drug-likeness (QED) is 0.699. The van der Waals surface area contributed by atoms with E-state index in [0.29, 0.717) is 0 Å². The number of rotatable bonds is 7. The van der Waals surface area contributed by atoms with Gasteiger partial charge < -0.3 is 15.2 Å². The summed E-state index contributed by atoms with van der Waals surface area (Å²) in [5.41, 5.74) is 0.0736. The van der Waals surface area contributed by atoms with E-state index in [0.717, 1.165) is 45.1 Å². The van der Waals surface area contributed by atoms with Gasteiger partial charge in [-0.3, -0.25) is 0 Å². The molecule has 0 aromatic heterocycles. The summed E-state index contributed by atoms with van der Waals surface area (Å²) >= 11 is 0. The Labute approximate surface area is 99.6 Å². The Hall–Kier alpha value is -0.120. The molecule has 0 aromatic carbocycles. The van der Waals surface area contributed by atoms with Crippen molar-refractivity contribution in [3.63, 3.8) is 0 Å². The van der Waals surface area contributed by atoms with Gasteiger partial charge >= 0.3 is 0 Å². The molecular weight excluding hydrogens is 202 g/mol. The van der Waals surface area contributed by atoms with Crippen LogP contribution in [0.15, 0.2) is 0 Å². The van der Waals surface area contributed by atoms with Gasteiger partial charge in [0, 0.05) is 25.2 Å².